The highest BCUT2D eigenvalue weighted by atomic mass is 14.7. The Bertz CT molecular complexity index is 311. The smallest absolute Gasteiger partial charge is 0.0725 e. The van der Waals surface area contributed by atoms with Crippen molar-refractivity contribution in [2.75, 3.05) is 0 Å². The molecule has 0 aliphatic carbocycles. The third-order valence-corrected chi connectivity index (χ3v) is 1.59. The molecule has 0 atom stereocenters. The van der Waals surface area contributed by atoms with E-state index in [0.29, 0.717) is 0 Å². The number of hydrogen-bond acceptors (Lipinski definition) is 1. The van der Waals surface area contributed by atoms with Crippen LogP contribution in [-0.4, -0.2) is 4.98 Å². The summed E-state index contributed by atoms with van der Waals surface area (Å²) < 4.78 is 0. The van der Waals surface area contributed by atoms with E-state index in [1.54, 1.807) is 6.20 Å². The lowest BCUT2D eigenvalue weighted by molar-refractivity contribution is 1.26. The van der Waals surface area contributed by atoms with Crippen molar-refractivity contribution < 1.29 is 0 Å². The fourth-order valence-electron chi connectivity index (χ4n) is 1.09. The topological polar surface area (TPSA) is 12.9 Å². The highest BCUT2D eigenvalue weighted by molar-refractivity contribution is 5.68. The van der Waals surface area contributed by atoms with Crippen molar-refractivity contribution in [2.45, 2.75) is 13.8 Å². The first-order valence-electron chi connectivity index (χ1n) is 3.99. The number of nitrogens with zero attached hydrogens (tertiary/aromatic N) is 1. The van der Waals surface area contributed by atoms with Crippen LogP contribution in [0.1, 0.15) is 25.1 Å². The van der Waals surface area contributed by atoms with E-state index in [-0.39, 0.29) is 0 Å². The molecule has 1 aromatic heterocycles. The Balaban J connectivity index is 3.17. The minimum atomic E-state index is 0.982. The highest BCUT2D eigenvalue weighted by Crippen LogP contribution is 2.14. The summed E-state index contributed by atoms with van der Waals surface area (Å²) in [6.45, 7) is 7.83. The lowest BCUT2D eigenvalue weighted by Gasteiger charge is -2.02. The van der Waals surface area contributed by atoms with Gasteiger partial charge in [0.2, 0.25) is 0 Å². The third-order valence-electron chi connectivity index (χ3n) is 1.59. The summed E-state index contributed by atoms with van der Waals surface area (Å²) in [5.41, 5.74) is 3.12. The monoisotopic (exact) mass is 159 g/mol. The van der Waals surface area contributed by atoms with Crippen LogP contribution in [0.2, 0.25) is 0 Å². The van der Waals surface area contributed by atoms with Gasteiger partial charge in [0.1, 0.15) is 0 Å². The minimum absolute atomic E-state index is 0.982. The zero-order valence-electron chi connectivity index (χ0n) is 7.54. The maximum Gasteiger partial charge on any atom is 0.0725 e. The lowest BCUT2D eigenvalue weighted by Crippen LogP contribution is -1.88. The zero-order valence-corrected chi connectivity index (χ0v) is 7.54. The van der Waals surface area contributed by atoms with Gasteiger partial charge in [-0.15, -0.1) is 0 Å². The molecule has 0 saturated heterocycles. The summed E-state index contributed by atoms with van der Waals surface area (Å²) in [4.78, 5) is 4.25. The quantitative estimate of drug-likeness (QED) is 0.646. The average molecular weight is 159 g/mol. The second-order valence-corrected chi connectivity index (χ2v) is 2.72. The molecule has 0 aliphatic heterocycles. The van der Waals surface area contributed by atoms with E-state index < -0.39 is 0 Å². The molecule has 0 aromatic carbocycles. The van der Waals surface area contributed by atoms with Crippen LogP contribution in [0.15, 0.2) is 31.0 Å². The van der Waals surface area contributed by atoms with Crippen LogP contribution in [0.4, 0.5) is 0 Å². The molecule has 1 nitrogen and oxygen atoms in total. The maximum absolute atomic E-state index is 4.25. The average Bonchev–Trinajstić information content (AvgIpc) is 2.05. The van der Waals surface area contributed by atoms with Gasteiger partial charge in [0.15, 0.2) is 0 Å². The molecule has 0 spiro atoms. The van der Waals surface area contributed by atoms with E-state index in [0.717, 1.165) is 16.8 Å². The van der Waals surface area contributed by atoms with Crippen molar-refractivity contribution in [1.29, 1.82) is 0 Å². The Morgan fingerprint density at radius 3 is 2.92 bits per heavy atom. The van der Waals surface area contributed by atoms with Gasteiger partial charge in [-0.2, -0.15) is 0 Å². The number of hydrogen-bond donors (Lipinski definition) is 0. The van der Waals surface area contributed by atoms with Gasteiger partial charge in [0.25, 0.3) is 0 Å². The maximum atomic E-state index is 4.25. The minimum Gasteiger partial charge on any atom is -0.256 e. The van der Waals surface area contributed by atoms with Crippen molar-refractivity contribution in [1.82, 2.24) is 4.98 Å². The van der Waals surface area contributed by atoms with Gasteiger partial charge in [-0.25, -0.2) is 0 Å². The summed E-state index contributed by atoms with van der Waals surface area (Å²) in [6, 6.07) is 3.97. The summed E-state index contributed by atoms with van der Waals surface area (Å²) in [5.74, 6) is 0. The van der Waals surface area contributed by atoms with Crippen LogP contribution in [-0.2, 0) is 0 Å². The molecular weight excluding hydrogens is 146 g/mol. The van der Waals surface area contributed by atoms with E-state index in [9.17, 15) is 0 Å². The number of pyridine rings is 1. The van der Waals surface area contributed by atoms with E-state index in [4.69, 9.17) is 0 Å². The van der Waals surface area contributed by atoms with E-state index in [2.05, 4.69) is 11.6 Å². The standard InChI is InChI=1S/C11H13N/c1-4-6-10-7-5-8-12-11(10)9(2)3/h4-8H,2H2,1,3H3/b6-4-. The van der Waals surface area contributed by atoms with Crippen molar-refractivity contribution in [2.24, 2.45) is 0 Å². The normalized spacial score (nSPS) is 10.5. The van der Waals surface area contributed by atoms with Crippen LogP contribution in [0, 0.1) is 0 Å². The molecule has 1 heterocycles. The summed E-state index contributed by atoms with van der Waals surface area (Å²) in [6.07, 6.45) is 5.83. The molecule has 0 amide bonds. The van der Waals surface area contributed by atoms with Crippen LogP contribution in [0.25, 0.3) is 11.6 Å². The first-order valence-corrected chi connectivity index (χ1v) is 3.99. The molecule has 0 unspecified atom stereocenters. The molecule has 0 saturated carbocycles. The van der Waals surface area contributed by atoms with Gasteiger partial charge < -0.3 is 0 Å². The fourth-order valence-corrected chi connectivity index (χ4v) is 1.09. The van der Waals surface area contributed by atoms with Gasteiger partial charge in [-0.05, 0) is 25.5 Å². The van der Waals surface area contributed by atoms with E-state index in [1.165, 1.54) is 0 Å². The van der Waals surface area contributed by atoms with Crippen molar-refractivity contribution >= 4 is 11.6 Å². The predicted octanol–water partition coefficient (Wildman–Crippen LogP) is 3.15. The Kier molecular flexibility index (Phi) is 2.81. The van der Waals surface area contributed by atoms with Crippen molar-refractivity contribution in [3.8, 4) is 0 Å². The van der Waals surface area contributed by atoms with Gasteiger partial charge in [0.05, 0.1) is 5.69 Å². The molecule has 1 aromatic rings. The molecule has 0 aliphatic rings. The Hall–Kier alpha value is -1.37. The van der Waals surface area contributed by atoms with E-state index in [1.807, 2.05) is 38.1 Å². The fraction of sp³-hybridized carbons (Fsp3) is 0.182. The van der Waals surface area contributed by atoms with Crippen LogP contribution in [0.3, 0.4) is 0 Å². The van der Waals surface area contributed by atoms with Gasteiger partial charge in [-0.3, -0.25) is 4.98 Å². The molecule has 0 bridgehead atoms. The van der Waals surface area contributed by atoms with Gasteiger partial charge in [0, 0.05) is 11.8 Å². The third kappa shape index (κ3) is 1.82. The second-order valence-electron chi connectivity index (χ2n) is 2.72. The number of rotatable bonds is 2. The highest BCUT2D eigenvalue weighted by Gasteiger charge is 1.98. The van der Waals surface area contributed by atoms with Crippen LogP contribution >= 0.6 is 0 Å². The second kappa shape index (κ2) is 3.86. The van der Waals surface area contributed by atoms with Gasteiger partial charge >= 0.3 is 0 Å². The number of aromatic nitrogens is 1. The van der Waals surface area contributed by atoms with Crippen LogP contribution < -0.4 is 0 Å². The van der Waals surface area contributed by atoms with Crippen molar-refractivity contribution in [3.63, 3.8) is 0 Å². The summed E-state index contributed by atoms with van der Waals surface area (Å²) >= 11 is 0. The summed E-state index contributed by atoms with van der Waals surface area (Å²) in [7, 11) is 0. The Morgan fingerprint density at radius 1 is 1.58 bits per heavy atom. The molecule has 0 radical (unpaired) electrons. The SMILES string of the molecule is C=C(C)c1ncccc1/C=C\C. The zero-order chi connectivity index (χ0) is 8.97. The first-order chi connectivity index (χ1) is 5.75. The molecule has 1 rings (SSSR count). The summed E-state index contributed by atoms with van der Waals surface area (Å²) in [5, 5.41) is 0. The Labute approximate surface area is 73.5 Å². The molecule has 0 N–H and O–H groups in total. The molecule has 12 heavy (non-hydrogen) atoms. The largest absolute Gasteiger partial charge is 0.256 e. The predicted molar refractivity (Wildman–Crippen MR) is 53.7 cm³/mol. The van der Waals surface area contributed by atoms with E-state index >= 15 is 0 Å². The number of allylic oxidation sites excluding steroid dienone is 2. The Morgan fingerprint density at radius 2 is 2.33 bits per heavy atom. The molecule has 62 valence electrons. The van der Waals surface area contributed by atoms with Crippen LogP contribution in [0.5, 0.6) is 0 Å². The first kappa shape index (κ1) is 8.72. The molecule has 0 fully saturated rings. The van der Waals surface area contributed by atoms with Crippen molar-refractivity contribution in [3.05, 3.63) is 42.2 Å². The van der Waals surface area contributed by atoms with Gasteiger partial charge in [-0.1, -0.05) is 24.8 Å². The lowest BCUT2D eigenvalue weighted by atomic mass is 10.1. The molecular formula is C11H13N. The molecule has 1 heteroatoms.